The molecule has 0 saturated heterocycles. The van der Waals surface area contributed by atoms with Gasteiger partial charge in [-0.05, 0) is 37.9 Å². The monoisotopic (exact) mass is 267 g/mol. The molecule has 0 bridgehead atoms. The Balaban J connectivity index is 2.34. The number of esters is 1. The summed E-state index contributed by atoms with van der Waals surface area (Å²) in [5.74, 6) is -0.521. The maximum absolute atomic E-state index is 13.4. The molecule has 0 radical (unpaired) electrons. The van der Waals surface area contributed by atoms with Gasteiger partial charge >= 0.3 is 5.97 Å². The molecule has 0 spiro atoms. The van der Waals surface area contributed by atoms with E-state index in [1.54, 1.807) is 19.1 Å². The molecule has 1 N–H and O–H groups in total. The van der Waals surface area contributed by atoms with Crippen LogP contribution in [0.3, 0.4) is 0 Å². The van der Waals surface area contributed by atoms with E-state index in [4.69, 9.17) is 4.74 Å². The standard InChI is InChI=1S/C15H22FNO2/c1-11(2)8-9-17-10-12(3)19-15(18)13-6-4-5-7-14(13)16/h4-7,11-12,17H,8-10H2,1-3H3. The van der Waals surface area contributed by atoms with Crippen molar-refractivity contribution in [1.82, 2.24) is 5.32 Å². The summed E-state index contributed by atoms with van der Waals surface area (Å²) in [5.41, 5.74) is -0.0171. The number of ether oxygens (including phenoxy) is 1. The first kappa shape index (κ1) is 15.6. The van der Waals surface area contributed by atoms with Crippen LogP contribution in [-0.2, 0) is 4.74 Å². The molecule has 0 fully saturated rings. The van der Waals surface area contributed by atoms with Crippen LogP contribution in [-0.4, -0.2) is 25.2 Å². The van der Waals surface area contributed by atoms with E-state index in [2.05, 4.69) is 19.2 Å². The highest BCUT2D eigenvalue weighted by molar-refractivity contribution is 5.89. The lowest BCUT2D eigenvalue weighted by Crippen LogP contribution is -2.30. The molecule has 3 nitrogen and oxygen atoms in total. The van der Waals surface area contributed by atoms with E-state index in [9.17, 15) is 9.18 Å². The van der Waals surface area contributed by atoms with Gasteiger partial charge in [-0.3, -0.25) is 0 Å². The summed E-state index contributed by atoms with van der Waals surface area (Å²) in [6.45, 7) is 7.57. The zero-order chi connectivity index (χ0) is 14.3. The van der Waals surface area contributed by atoms with Crippen LogP contribution in [0.2, 0.25) is 0 Å². The Kier molecular flexibility index (Phi) is 6.50. The fourth-order valence-corrected chi connectivity index (χ4v) is 1.61. The molecule has 4 heteroatoms. The molecule has 0 aromatic heterocycles. The number of nitrogens with one attached hydrogen (secondary N) is 1. The summed E-state index contributed by atoms with van der Waals surface area (Å²) in [6.07, 6.45) is 0.799. The second-order valence-electron chi connectivity index (χ2n) is 5.08. The van der Waals surface area contributed by atoms with Crippen molar-refractivity contribution in [1.29, 1.82) is 0 Å². The maximum atomic E-state index is 13.4. The summed E-state index contributed by atoms with van der Waals surface area (Å²) in [7, 11) is 0. The Morgan fingerprint density at radius 1 is 1.32 bits per heavy atom. The Labute approximate surface area is 114 Å². The molecule has 1 atom stereocenters. The lowest BCUT2D eigenvalue weighted by molar-refractivity contribution is 0.0337. The number of hydrogen-bond acceptors (Lipinski definition) is 3. The smallest absolute Gasteiger partial charge is 0.341 e. The van der Waals surface area contributed by atoms with Gasteiger partial charge in [0.25, 0.3) is 0 Å². The topological polar surface area (TPSA) is 38.3 Å². The Bertz CT molecular complexity index is 407. The minimum absolute atomic E-state index is 0.0171. The van der Waals surface area contributed by atoms with E-state index in [0.29, 0.717) is 12.5 Å². The lowest BCUT2D eigenvalue weighted by Gasteiger charge is -2.15. The first-order valence-corrected chi connectivity index (χ1v) is 6.67. The first-order chi connectivity index (χ1) is 9.00. The summed E-state index contributed by atoms with van der Waals surface area (Å²) in [6, 6.07) is 5.84. The highest BCUT2D eigenvalue weighted by Gasteiger charge is 2.15. The van der Waals surface area contributed by atoms with Crippen molar-refractivity contribution in [3.63, 3.8) is 0 Å². The minimum atomic E-state index is -0.615. The van der Waals surface area contributed by atoms with E-state index >= 15 is 0 Å². The third kappa shape index (κ3) is 5.83. The molecule has 0 aliphatic rings. The van der Waals surface area contributed by atoms with Crippen LogP contribution in [0.5, 0.6) is 0 Å². The second kappa shape index (κ2) is 7.89. The van der Waals surface area contributed by atoms with Crippen LogP contribution in [0.15, 0.2) is 24.3 Å². The van der Waals surface area contributed by atoms with E-state index in [1.807, 2.05) is 0 Å². The van der Waals surface area contributed by atoms with Gasteiger partial charge in [-0.1, -0.05) is 26.0 Å². The van der Waals surface area contributed by atoms with Crippen molar-refractivity contribution in [3.8, 4) is 0 Å². The van der Waals surface area contributed by atoms with Crippen molar-refractivity contribution in [2.75, 3.05) is 13.1 Å². The zero-order valence-corrected chi connectivity index (χ0v) is 11.8. The third-order valence-electron chi connectivity index (χ3n) is 2.73. The molecule has 0 aliphatic heterocycles. The predicted molar refractivity (Wildman–Crippen MR) is 73.6 cm³/mol. The number of carbonyl (C=O) groups is 1. The molecule has 19 heavy (non-hydrogen) atoms. The van der Waals surface area contributed by atoms with Gasteiger partial charge in [0.1, 0.15) is 11.9 Å². The van der Waals surface area contributed by atoms with Gasteiger partial charge in [0.15, 0.2) is 0 Å². The van der Waals surface area contributed by atoms with Gasteiger partial charge in [-0.2, -0.15) is 0 Å². The minimum Gasteiger partial charge on any atom is -0.458 e. The Morgan fingerprint density at radius 2 is 2.00 bits per heavy atom. The van der Waals surface area contributed by atoms with Gasteiger partial charge in [0.2, 0.25) is 0 Å². The van der Waals surface area contributed by atoms with Crippen LogP contribution < -0.4 is 5.32 Å². The van der Waals surface area contributed by atoms with Gasteiger partial charge in [0, 0.05) is 6.54 Å². The number of rotatable bonds is 7. The number of benzene rings is 1. The van der Waals surface area contributed by atoms with Crippen LogP contribution >= 0.6 is 0 Å². The van der Waals surface area contributed by atoms with Crippen molar-refractivity contribution < 1.29 is 13.9 Å². The third-order valence-corrected chi connectivity index (χ3v) is 2.73. The van der Waals surface area contributed by atoms with E-state index in [-0.39, 0.29) is 11.7 Å². The van der Waals surface area contributed by atoms with E-state index in [1.165, 1.54) is 12.1 Å². The maximum Gasteiger partial charge on any atom is 0.341 e. The number of carbonyl (C=O) groups excluding carboxylic acids is 1. The molecule has 106 valence electrons. The molecule has 0 heterocycles. The molecule has 1 aromatic carbocycles. The van der Waals surface area contributed by atoms with Crippen LogP contribution in [0.25, 0.3) is 0 Å². The van der Waals surface area contributed by atoms with Crippen molar-refractivity contribution in [2.24, 2.45) is 5.92 Å². The fraction of sp³-hybridized carbons (Fsp3) is 0.533. The average Bonchev–Trinajstić information content (AvgIpc) is 2.35. The molecule has 0 saturated carbocycles. The van der Waals surface area contributed by atoms with Crippen molar-refractivity contribution in [2.45, 2.75) is 33.3 Å². The SMILES string of the molecule is CC(C)CCNCC(C)OC(=O)c1ccccc1F. The molecule has 1 unspecified atom stereocenters. The number of hydrogen-bond donors (Lipinski definition) is 1. The summed E-state index contributed by atoms with van der Waals surface area (Å²) < 4.78 is 18.6. The van der Waals surface area contributed by atoms with E-state index < -0.39 is 11.8 Å². The Morgan fingerprint density at radius 3 is 2.63 bits per heavy atom. The van der Waals surface area contributed by atoms with Crippen LogP contribution in [0.4, 0.5) is 4.39 Å². The summed E-state index contributed by atoms with van der Waals surface area (Å²) in [5, 5.41) is 3.22. The molecular formula is C15H22FNO2. The largest absolute Gasteiger partial charge is 0.458 e. The fourth-order valence-electron chi connectivity index (χ4n) is 1.61. The summed E-state index contributed by atoms with van der Waals surface area (Å²) >= 11 is 0. The van der Waals surface area contributed by atoms with Crippen LogP contribution in [0, 0.1) is 11.7 Å². The zero-order valence-electron chi connectivity index (χ0n) is 11.8. The highest BCUT2D eigenvalue weighted by Crippen LogP contribution is 2.09. The molecule has 1 rings (SSSR count). The highest BCUT2D eigenvalue weighted by atomic mass is 19.1. The normalized spacial score (nSPS) is 12.5. The van der Waals surface area contributed by atoms with E-state index in [0.717, 1.165) is 13.0 Å². The molecular weight excluding hydrogens is 245 g/mol. The molecule has 1 aromatic rings. The van der Waals surface area contributed by atoms with Gasteiger partial charge < -0.3 is 10.1 Å². The van der Waals surface area contributed by atoms with Gasteiger partial charge in [-0.25, -0.2) is 9.18 Å². The lowest BCUT2D eigenvalue weighted by atomic mass is 10.1. The predicted octanol–water partition coefficient (Wildman–Crippen LogP) is 3.01. The molecule has 0 amide bonds. The summed E-state index contributed by atoms with van der Waals surface area (Å²) in [4.78, 5) is 11.7. The van der Waals surface area contributed by atoms with Crippen LogP contribution in [0.1, 0.15) is 37.6 Å². The number of halogens is 1. The average molecular weight is 267 g/mol. The second-order valence-corrected chi connectivity index (χ2v) is 5.08. The molecule has 0 aliphatic carbocycles. The van der Waals surface area contributed by atoms with Gasteiger partial charge in [0.05, 0.1) is 5.56 Å². The Hall–Kier alpha value is -1.42. The first-order valence-electron chi connectivity index (χ1n) is 6.67. The van der Waals surface area contributed by atoms with Crippen molar-refractivity contribution >= 4 is 5.97 Å². The van der Waals surface area contributed by atoms with Gasteiger partial charge in [-0.15, -0.1) is 0 Å². The van der Waals surface area contributed by atoms with Crippen molar-refractivity contribution in [3.05, 3.63) is 35.6 Å². The quantitative estimate of drug-likeness (QED) is 0.609.